The van der Waals surface area contributed by atoms with E-state index in [0.29, 0.717) is 15.7 Å². The second kappa shape index (κ2) is 6.31. The minimum Gasteiger partial charge on any atom is -0.313 e. The molecule has 2 N–H and O–H groups in total. The molecule has 0 aromatic heterocycles. The molecule has 1 aromatic carbocycles. The second-order valence-corrected chi connectivity index (χ2v) is 7.33. The lowest BCUT2D eigenvalue weighted by atomic mass is 10.1. The van der Waals surface area contributed by atoms with Gasteiger partial charge in [0.25, 0.3) is 0 Å². The van der Waals surface area contributed by atoms with Gasteiger partial charge in [-0.15, -0.1) is 0 Å². The van der Waals surface area contributed by atoms with Gasteiger partial charge in [-0.2, -0.15) is 0 Å². The van der Waals surface area contributed by atoms with Gasteiger partial charge in [-0.25, -0.2) is 8.42 Å². The molecule has 1 aromatic rings. The van der Waals surface area contributed by atoms with Crippen LogP contribution in [0.2, 0.25) is 10.0 Å². The summed E-state index contributed by atoms with van der Waals surface area (Å²) in [5.41, 5.74) is 0.397. The summed E-state index contributed by atoms with van der Waals surface area (Å²) in [4.78, 5) is 0. The van der Waals surface area contributed by atoms with Gasteiger partial charge in [-0.05, 0) is 37.6 Å². The molecule has 0 amide bonds. The molecule has 1 fully saturated rings. The van der Waals surface area contributed by atoms with Crippen molar-refractivity contribution in [2.75, 3.05) is 17.0 Å². The minimum atomic E-state index is -3.40. The van der Waals surface area contributed by atoms with E-state index in [1.54, 1.807) is 18.2 Å². The largest absolute Gasteiger partial charge is 0.313 e. The first-order chi connectivity index (χ1) is 8.94. The normalized spacial score (nSPS) is 20.2. The summed E-state index contributed by atoms with van der Waals surface area (Å²) in [6, 6.07) is 4.66. The zero-order valence-corrected chi connectivity index (χ0v) is 12.7. The number of anilines is 1. The highest BCUT2D eigenvalue weighted by Crippen LogP contribution is 2.23. The molecule has 2 rings (SSSR count). The molecule has 1 aliphatic heterocycles. The Morgan fingerprint density at radius 1 is 1.21 bits per heavy atom. The van der Waals surface area contributed by atoms with Gasteiger partial charge in [0, 0.05) is 16.1 Å². The number of rotatable bonds is 4. The van der Waals surface area contributed by atoms with Gasteiger partial charge >= 0.3 is 0 Å². The molecule has 1 atom stereocenters. The molecule has 1 unspecified atom stereocenters. The van der Waals surface area contributed by atoms with Crippen molar-refractivity contribution in [3.05, 3.63) is 28.2 Å². The van der Waals surface area contributed by atoms with E-state index in [9.17, 15) is 8.42 Å². The predicted molar refractivity (Wildman–Crippen MR) is 79.5 cm³/mol. The van der Waals surface area contributed by atoms with E-state index in [1.807, 2.05) is 0 Å². The van der Waals surface area contributed by atoms with E-state index in [-0.39, 0.29) is 11.8 Å². The number of piperidine rings is 1. The average molecular weight is 323 g/mol. The van der Waals surface area contributed by atoms with Crippen LogP contribution in [0.15, 0.2) is 18.2 Å². The molecule has 0 spiro atoms. The topological polar surface area (TPSA) is 58.2 Å². The Bertz CT molecular complexity index is 522. The second-order valence-electron chi connectivity index (χ2n) is 4.69. The molecule has 0 aliphatic carbocycles. The Labute approximate surface area is 123 Å². The van der Waals surface area contributed by atoms with Crippen molar-refractivity contribution in [1.29, 1.82) is 0 Å². The van der Waals surface area contributed by atoms with Crippen LogP contribution in [0.1, 0.15) is 19.3 Å². The van der Waals surface area contributed by atoms with Crippen LogP contribution in [-0.2, 0) is 10.0 Å². The lowest BCUT2D eigenvalue weighted by Crippen LogP contribution is -2.40. The predicted octanol–water partition coefficient (Wildman–Crippen LogP) is 2.88. The fourth-order valence-electron chi connectivity index (χ4n) is 2.17. The van der Waals surface area contributed by atoms with Crippen molar-refractivity contribution in [2.45, 2.75) is 25.3 Å². The Hall–Kier alpha value is -0.490. The summed E-state index contributed by atoms with van der Waals surface area (Å²) in [6.07, 6.45) is 3.06. The molecule has 0 bridgehead atoms. The molecule has 0 radical (unpaired) electrons. The summed E-state index contributed by atoms with van der Waals surface area (Å²) in [5.74, 6) is 0.0666. The molecule has 19 heavy (non-hydrogen) atoms. The first-order valence-corrected chi connectivity index (χ1v) is 8.55. The lowest BCUT2D eigenvalue weighted by Gasteiger charge is -2.23. The maximum atomic E-state index is 12.1. The summed E-state index contributed by atoms with van der Waals surface area (Å²) < 4.78 is 26.6. The van der Waals surface area contributed by atoms with Crippen LogP contribution in [0, 0.1) is 0 Å². The van der Waals surface area contributed by atoms with Crippen LogP contribution in [0.25, 0.3) is 0 Å². The summed E-state index contributed by atoms with van der Waals surface area (Å²) in [7, 11) is -3.40. The van der Waals surface area contributed by atoms with Gasteiger partial charge in [-0.3, -0.25) is 4.72 Å². The quantitative estimate of drug-likeness (QED) is 0.896. The first kappa shape index (κ1) is 14.9. The Balaban J connectivity index is 2.03. The van der Waals surface area contributed by atoms with Crippen LogP contribution in [-0.4, -0.2) is 26.8 Å². The van der Waals surface area contributed by atoms with E-state index >= 15 is 0 Å². The van der Waals surface area contributed by atoms with Crippen molar-refractivity contribution in [3.63, 3.8) is 0 Å². The monoisotopic (exact) mass is 322 g/mol. The molecular weight excluding hydrogens is 307 g/mol. The number of sulfonamides is 1. The molecular formula is C12H16Cl2N2O2S. The molecule has 1 aliphatic rings. The Morgan fingerprint density at radius 3 is 2.47 bits per heavy atom. The van der Waals surface area contributed by atoms with Crippen LogP contribution >= 0.6 is 23.2 Å². The first-order valence-electron chi connectivity index (χ1n) is 6.14. The van der Waals surface area contributed by atoms with E-state index in [0.717, 1.165) is 25.8 Å². The third kappa shape index (κ3) is 4.84. The van der Waals surface area contributed by atoms with Crippen molar-refractivity contribution in [2.24, 2.45) is 0 Å². The van der Waals surface area contributed by atoms with Crippen molar-refractivity contribution >= 4 is 38.9 Å². The number of hydrogen-bond acceptors (Lipinski definition) is 3. The molecule has 1 saturated heterocycles. The standard InChI is InChI=1S/C12H16Cl2N2O2S/c13-9-5-10(14)7-12(6-9)16-19(17,18)8-11-3-1-2-4-15-11/h5-7,11,15-16H,1-4,8H2. The Kier molecular flexibility index (Phi) is 4.95. The maximum Gasteiger partial charge on any atom is 0.234 e. The van der Waals surface area contributed by atoms with E-state index in [2.05, 4.69) is 10.0 Å². The summed E-state index contributed by atoms with van der Waals surface area (Å²) in [6.45, 7) is 0.878. The van der Waals surface area contributed by atoms with Crippen LogP contribution < -0.4 is 10.0 Å². The smallest absolute Gasteiger partial charge is 0.234 e. The van der Waals surface area contributed by atoms with Crippen molar-refractivity contribution in [3.8, 4) is 0 Å². The van der Waals surface area contributed by atoms with Crippen LogP contribution in [0.5, 0.6) is 0 Å². The SMILES string of the molecule is O=S(=O)(CC1CCCCN1)Nc1cc(Cl)cc(Cl)c1. The van der Waals surface area contributed by atoms with Crippen LogP contribution in [0.3, 0.4) is 0 Å². The molecule has 0 saturated carbocycles. The highest BCUT2D eigenvalue weighted by atomic mass is 35.5. The molecule has 4 nitrogen and oxygen atoms in total. The highest BCUT2D eigenvalue weighted by molar-refractivity contribution is 7.92. The minimum absolute atomic E-state index is 0.0147. The Morgan fingerprint density at radius 2 is 1.89 bits per heavy atom. The number of nitrogens with one attached hydrogen (secondary N) is 2. The molecule has 106 valence electrons. The van der Waals surface area contributed by atoms with Gasteiger partial charge < -0.3 is 5.32 Å². The fraction of sp³-hybridized carbons (Fsp3) is 0.500. The third-order valence-electron chi connectivity index (χ3n) is 2.97. The third-order valence-corrected chi connectivity index (χ3v) is 4.79. The number of benzene rings is 1. The fourth-order valence-corrected chi connectivity index (χ4v) is 4.07. The summed E-state index contributed by atoms with van der Waals surface area (Å²) >= 11 is 11.7. The van der Waals surface area contributed by atoms with E-state index in [1.165, 1.54) is 0 Å². The molecule has 7 heteroatoms. The van der Waals surface area contributed by atoms with Gasteiger partial charge in [-0.1, -0.05) is 29.6 Å². The summed E-state index contributed by atoms with van der Waals surface area (Å²) in [5, 5.41) is 4.02. The average Bonchev–Trinajstić information content (AvgIpc) is 2.27. The maximum absolute atomic E-state index is 12.1. The van der Waals surface area contributed by atoms with Gasteiger partial charge in [0.1, 0.15) is 0 Å². The van der Waals surface area contributed by atoms with Gasteiger partial charge in [0.05, 0.1) is 11.4 Å². The van der Waals surface area contributed by atoms with Crippen LogP contribution in [0.4, 0.5) is 5.69 Å². The zero-order valence-electron chi connectivity index (χ0n) is 10.3. The van der Waals surface area contributed by atoms with Crippen molar-refractivity contribution < 1.29 is 8.42 Å². The highest BCUT2D eigenvalue weighted by Gasteiger charge is 2.21. The number of halogens is 2. The van der Waals surface area contributed by atoms with Gasteiger partial charge in [0.2, 0.25) is 10.0 Å². The van der Waals surface area contributed by atoms with E-state index in [4.69, 9.17) is 23.2 Å². The van der Waals surface area contributed by atoms with E-state index < -0.39 is 10.0 Å². The lowest BCUT2D eigenvalue weighted by molar-refractivity contribution is 0.424. The van der Waals surface area contributed by atoms with Crippen molar-refractivity contribution in [1.82, 2.24) is 5.32 Å². The number of hydrogen-bond donors (Lipinski definition) is 2. The zero-order chi connectivity index (χ0) is 13.9. The van der Waals surface area contributed by atoms with Gasteiger partial charge in [0.15, 0.2) is 0 Å². The molecule has 1 heterocycles.